The van der Waals surface area contributed by atoms with E-state index in [4.69, 9.17) is 26.8 Å². The first-order chi connectivity index (χ1) is 8.13. The van der Waals surface area contributed by atoms with Crippen molar-refractivity contribution in [3.05, 3.63) is 28.8 Å². The Labute approximate surface area is 108 Å². The molecule has 1 atom stereocenters. The Morgan fingerprint density at radius 1 is 1.35 bits per heavy atom. The second-order valence-electron chi connectivity index (χ2n) is 4.13. The molecular weight excluding hydrogens is 238 g/mol. The predicted molar refractivity (Wildman–Crippen MR) is 70.8 cm³/mol. The molecule has 0 aromatic heterocycles. The molecule has 17 heavy (non-hydrogen) atoms. The molecule has 1 rings (SSSR count). The summed E-state index contributed by atoms with van der Waals surface area (Å²) in [5.41, 5.74) is 6.86. The van der Waals surface area contributed by atoms with E-state index < -0.39 is 0 Å². The Balaban J connectivity index is 2.62. The van der Waals surface area contributed by atoms with E-state index in [1.165, 1.54) is 0 Å². The summed E-state index contributed by atoms with van der Waals surface area (Å²) in [4.78, 5) is 0. The maximum absolute atomic E-state index is 5.97. The van der Waals surface area contributed by atoms with Crippen LogP contribution in [0.15, 0.2) is 18.2 Å². The van der Waals surface area contributed by atoms with Crippen LogP contribution in [0.5, 0.6) is 5.75 Å². The fourth-order valence-corrected chi connectivity index (χ4v) is 1.78. The van der Waals surface area contributed by atoms with Gasteiger partial charge in [-0.15, -0.1) is 0 Å². The van der Waals surface area contributed by atoms with Crippen LogP contribution in [0.3, 0.4) is 0 Å². The topological polar surface area (TPSA) is 44.5 Å². The van der Waals surface area contributed by atoms with Crippen molar-refractivity contribution in [2.45, 2.75) is 25.8 Å². The predicted octanol–water partition coefficient (Wildman–Crippen LogP) is 2.64. The molecule has 96 valence electrons. The van der Waals surface area contributed by atoms with Crippen LogP contribution in [0.1, 0.15) is 18.9 Å². The summed E-state index contributed by atoms with van der Waals surface area (Å²) >= 11 is 5.97. The Morgan fingerprint density at radius 2 is 2.12 bits per heavy atom. The van der Waals surface area contributed by atoms with Gasteiger partial charge in [0.15, 0.2) is 0 Å². The third-order valence-electron chi connectivity index (χ3n) is 2.31. The second-order valence-corrected chi connectivity index (χ2v) is 4.56. The molecule has 3 nitrogen and oxygen atoms in total. The molecular formula is C13H20ClNO2. The monoisotopic (exact) mass is 257 g/mol. The molecule has 4 heteroatoms. The Bertz CT molecular complexity index is 342. The lowest BCUT2D eigenvalue weighted by atomic mass is 10.1. The summed E-state index contributed by atoms with van der Waals surface area (Å²) in [6, 6.07) is 5.73. The van der Waals surface area contributed by atoms with Crippen LogP contribution in [-0.4, -0.2) is 26.4 Å². The highest BCUT2D eigenvalue weighted by Gasteiger charge is 2.07. The van der Waals surface area contributed by atoms with Gasteiger partial charge in [0.2, 0.25) is 0 Å². The third-order valence-corrected chi connectivity index (χ3v) is 2.55. The highest BCUT2D eigenvalue weighted by atomic mass is 35.5. The number of rotatable bonds is 7. The van der Waals surface area contributed by atoms with Gasteiger partial charge in [0.25, 0.3) is 0 Å². The quantitative estimate of drug-likeness (QED) is 0.764. The summed E-state index contributed by atoms with van der Waals surface area (Å²) in [7, 11) is 1.68. The number of benzene rings is 1. The van der Waals surface area contributed by atoms with Crippen molar-refractivity contribution >= 4 is 11.6 Å². The number of nitrogens with two attached hydrogens (primary N) is 1. The summed E-state index contributed by atoms with van der Waals surface area (Å²) in [5, 5.41) is 0.713. The Hall–Kier alpha value is -0.770. The molecule has 0 aliphatic heterocycles. The Morgan fingerprint density at radius 3 is 2.76 bits per heavy atom. The van der Waals surface area contributed by atoms with Gasteiger partial charge < -0.3 is 15.2 Å². The van der Waals surface area contributed by atoms with E-state index in [-0.39, 0.29) is 6.04 Å². The molecule has 0 aliphatic rings. The maximum atomic E-state index is 5.97. The third kappa shape index (κ3) is 5.39. The first-order valence-corrected chi connectivity index (χ1v) is 6.17. The zero-order chi connectivity index (χ0) is 12.7. The number of halogens is 1. The number of hydrogen-bond donors (Lipinski definition) is 1. The van der Waals surface area contributed by atoms with Crippen LogP contribution in [0.25, 0.3) is 0 Å². The molecule has 1 aromatic carbocycles. The molecule has 1 aromatic rings. The first-order valence-electron chi connectivity index (χ1n) is 5.79. The lowest BCUT2D eigenvalue weighted by molar-refractivity contribution is 0.172. The van der Waals surface area contributed by atoms with E-state index in [1.54, 1.807) is 7.11 Å². The molecule has 0 fully saturated rings. The molecule has 0 heterocycles. The van der Waals surface area contributed by atoms with Gasteiger partial charge >= 0.3 is 0 Å². The van der Waals surface area contributed by atoms with E-state index in [0.29, 0.717) is 18.2 Å². The molecule has 0 saturated carbocycles. The standard InChI is InChI=1S/C13H20ClNO2/c1-10(15)8-11-9-12(14)4-5-13(11)17-7-3-6-16-2/h4-5,9-10H,3,6-8,15H2,1-2H3. The van der Waals surface area contributed by atoms with Crippen LogP contribution >= 0.6 is 11.6 Å². The molecule has 0 bridgehead atoms. The summed E-state index contributed by atoms with van der Waals surface area (Å²) in [5.74, 6) is 0.864. The van der Waals surface area contributed by atoms with Crippen molar-refractivity contribution in [1.82, 2.24) is 0 Å². The minimum absolute atomic E-state index is 0.0924. The van der Waals surface area contributed by atoms with Gasteiger partial charge in [-0.05, 0) is 37.1 Å². The van der Waals surface area contributed by atoms with Crippen LogP contribution in [0.4, 0.5) is 0 Å². The fraction of sp³-hybridized carbons (Fsp3) is 0.538. The molecule has 0 saturated heterocycles. The molecule has 0 radical (unpaired) electrons. The lowest BCUT2D eigenvalue weighted by Crippen LogP contribution is -2.18. The smallest absolute Gasteiger partial charge is 0.122 e. The van der Waals surface area contributed by atoms with Crippen molar-refractivity contribution in [1.29, 1.82) is 0 Å². The van der Waals surface area contributed by atoms with Crippen molar-refractivity contribution in [2.75, 3.05) is 20.3 Å². The van der Waals surface area contributed by atoms with Gasteiger partial charge in [0, 0.05) is 31.2 Å². The average molecular weight is 258 g/mol. The van der Waals surface area contributed by atoms with Gasteiger partial charge in [0.1, 0.15) is 5.75 Å². The average Bonchev–Trinajstić information content (AvgIpc) is 2.26. The van der Waals surface area contributed by atoms with Crippen LogP contribution in [0.2, 0.25) is 5.02 Å². The normalized spacial score (nSPS) is 12.5. The van der Waals surface area contributed by atoms with Crippen molar-refractivity contribution in [3.63, 3.8) is 0 Å². The molecule has 0 amide bonds. The van der Waals surface area contributed by atoms with E-state index in [9.17, 15) is 0 Å². The Kier molecular flexibility index (Phi) is 6.34. The van der Waals surface area contributed by atoms with Gasteiger partial charge in [-0.3, -0.25) is 0 Å². The van der Waals surface area contributed by atoms with Crippen LogP contribution in [-0.2, 0) is 11.2 Å². The van der Waals surface area contributed by atoms with E-state index in [1.807, 2.05) is 25.1 Å². The number of hydrogen-bond acceptors (Lipinski definition) is 3. The van der Waals surface area contributed by atoms with Crippen LogP contribution in [0, 0.1) is 0 Å². The fourth-order valence-electron chi connectivity index (χ4n) is 1.58. The number of methoxy groups -OCH3 is 1. The summed E-state index contributed by atoms with van der Waals surface area (Å²) in [6.45, 7) is 3.31. The lowest BCUT2D eigenvalue weighted by Gasteiger charge is -2.13. The highest BCUT2D eigenvalue weighted by molar-refractivity contribution is 6.30. The largest absolute Gasteiger partial charge is 0.493 e. The SMILES string of the molecule is COCCCOc1ccc(Cl)cc1CC(C)N. The minimum atomic E-state index is 0.0924. The molecule has 2 N–H and O–H groups in total. The number of ether oxygens (including phenoxy) is 2. The highest BCUT2D eigenvalue weighted by Crippen LogP contribution is 2.24. The second kappa shape index (κ2) is 7.54. The van der Waals surface area contributed by atoms with E-state index in [0.717, 1.165) is 24.2 Å². The zero-order valence-corrected chi connectivity index (χ0v) is 11.2. The first kappa shape index (κ1) is 14.3. The van der Waals surface area contributed by atoms with Gasteiger partial charge in [-0.1, -0.05) is 11.6 Å². The van der Waals surface area contributed by atoms with Crippen molar-refractivity contribution in [2.24, 2.45) is 5.73 Å². The van der Waals surface area contributed by atoms with Crippen LogP contribution < -0.4 is 10.5 Å². The summed E-state index contributed by atoms with van der Waals surface area (Å²) in [6.07, 6.45) is 1.64. The van der Waals surface area contributed by atoms with Gasteiger partial charge in [0.05, 0.1) is 6.61 Å². The maximum Gasteiger partial charge on any atom is 0.122 e. The minimum Gasteiger partial charge on any atom is -0.493 e. The van der Waals surface area contributed by atoms with E-state index in [2.05, 4.69) is 0 Å². The summed E-state index contributed by atoms with van der Waals surface area (Å²) < 4.78 is 10.7. The molecule has 0 spiro atoms. The van der Waals surface area contributed by atoms with E-state index >= 15 is 0 Å². The molecule has 0 aliphatic carbocycles. The van der Waals surface area contributed by atoms with Gasteiger partial charge in [-0.2, -0.15) is 0 Å². The zero-order valence-electron chi connectivity index (χ0n) is 10.4. The van der Waals surface area contributed by atoms with Crippen molar-refractivity contribution < 1.29 is 9.47 Å². The van der Waals surface area contributed by atoms with Crippen molar-refractivity contribution in [3.8, 4) is 5.75 Å². The van der Waals surface area contributed by atoms with Gasteiger partial charge in [-0.25, -0.2) is 0 Å². The molecule has 1 unspecified atom stereocenters.